The maximum Gasteiger partial charge on any atom is 0.0622 e. The Kier molecular flexibility index (Phi) is 2.16. The maximum atomic E-state index is 5.25. The average Bonchev–Trinajstić information content (AvgIpc) is 2.42. The van der Waals surface area contributed by atoms with Gasteiger partial charge in [0.1, 0.15) is 0 Å². The summed E-state index contributed by atoms with van der Waals surface area (Å²) < 4.78 is 2.17. The van der Waals surface area contributed by atoms with Gasteiger partial charge in [0.2, 0.25) is 0 Å². The van der Waals surface area contributed by atoms with Crippen molar-refractivity contribution in [2.24, 2.45) is 0 Å². The fraction of sp³-hybridized carbons (Fsp3) is 0.250. The van der Waals surface area contributed by atoms with Crippen molar-refractivity contribution in [2.75, 3.05) is 0 Å². The van der Waals surface area contributed by atoms with Crippen LogP contribution >= 0.6 is 12.2 Å². The minimum absolute atomic E-state index is 0.952. The molecule has 0 saturated heterocycles. The molecule has 0 fully saturated rings. The number of aryl methyl sites for hydroxylation is 2. The minimum atomic E-state index is 0.952. The van der Waals surface area contributed by atoms with Crippen LogP contribution in [0.15, 0.2) is 24.4 Å². The van der Waals surface area contributed by atoms with Gasteiger partial charge >= 0.3 is 0 Å². The molecule has 2 aromatic heterocycles. The predicted molar refractivity (Wildman–Crippen MR) is 64.2 cm³/mol. The molecule has 1 nitrogen and oxygen atoms in total. The molecule has 0 atom stereocenters. The molecule has 0 radical (unpaired) electrons. The van der Waals surface area contributed by atoms with Gasteiger partial charge in [0.05, 0.1) is 5.69 Å². The van der Waals surface area contributed by atoms with Crippen molar-refractivity contribution in [3.63, 3.8) is 0 Å². The average molecular weight is 203 g/mol. The summed E-state index contributed by atoms with van der Waals surface area (Å²) in [6, 6.07) is 6.38. The summed E-state index contributed by atoms with van der Waals surface area (Å²) in [5.74, 6) is 0. The van der Waals surface area contributed by atoms with Gasteiger partial charge < -0.3 is 4.40 Å². The zero-order chi connectivity index (χ0) is 10.3. The van der Waals surface area contributed by atoms with E-state index in [2.05, 4.69) is 42.6 Å². The molecule has 0 spiro atoms. The van der Waals surface area contributed by atoms with Gasteiger partial charge in [-0.1, -0.05) is 18.3 Å². The monoisotopic (exact) mass is 203 g/mol. The first-order valence-electron chi connectivity index (χ1n) is 4.69. The Morgan fingerprint density at radius 2 is 2.00 bits per heavy atom. The molecule has 0 saturated carbocycles. The molecule has 0 N–H and O–H groups in total. The van der Waals surface area contributed by atoms with Crippen LogP contribution < -0.4 is 0 Å². The summed E-state index contributed by atoms with van der Waals surface area (Å²) in [6.45, 7) is 6.21. The number of pyridine rings is 1. The molecular weight excluding hydrogens is 190 g/mol. The largest absolute Gasteiger partial charge is 0.316 e. The smallest absolute Gasteiger partial charge is 0.0622 e. The number of fused-ring (bicyclic) bond motifs is 1. The van der Waals surface area contributed by atoms with Crippen LogP contribution in [0.5, 0.6) is 0 Å². The van der Waals surface area contributed by atoms with Crippen LogP contribution in [0.25, 0.3) is 5.52 Å². The van der Waals surface area contributed by atoms with Crippen molar-refractivity contribution in [1.29, 1.82) is 0 Å². The van der Waals surface area contributed by atoms with Gasteiger partial charge in [-0.2, -0.15) is 0 Å². The number of hydrogen-bond acceptors (Lipinski definition) is 1. The Labute approximate surface area is 89.4 Å². The van der Waals surface area contributed by atoms with Crippen LogP contribution in [0.1, 0.15) is 23.7 Å². The third-order valence-electron chi connectivity index (χ3n) is 2.55. The summed E-state index contributed by atoms with van der Waals surface area (Å²) in [5.41, 5.74) is 4.97. The van der Waals surface area contributed by atoms with Crippen molar-refractivity contribution < 1.29 is 0 Å². The third kappa shape index (κ3) is 1.26. The molecule has 2 heterocycles. The Morgan fingerprint density at radius 3 is 2.64 bits per heavy atom. The van der Waals surface area contributed by atoms with E-state index in [0.717, 1.165) is 4.86 Å². The fourth-order valence-electron chi connectivity index (χ4n) is 1.92. The van der Waals surface area contributed by atoms with E-state index in [1.807, 2.05) is 6.92 Å². The second kappa shape index (κ2) is 3.21. The molecular formula is C12H13NS. The number of rotatable bonds is 1. The highest BCUT2D eigenvalue weighted by molar-refractivity contribution is 7.80. The predicted octanol–water partition coefficient (Wildman–Crippen LogP) is 3.29. The van der Waals surface area contributed by atoms with Crippen LogP contribution in [-0.4, -0.2) is 9.27 Å². The van der Waals surface area contributed by atoms with Crippen LogP contribution in [0.3, 0.4) is 0 Å². The SMILES string of the molecule is CC(=S)c1c(C)cc2c(C)cccn12. The van der Waals surface area contributed by atoms with Gasteiger partial charge in [0, 0.05) is 16.6 Å². The van der Waals surface area contributed by atoms with Crippen molar-refractivity contribution in [1.82, 2.24) is 4.40 Å². The van der Waals surface area contributed by atoms with E-state index in [4.69, 9.17) is 12.2 Å². The first kappa shape index (κ1) is 9.41. The molecule has 72 valence electrons. The first-order valence-corrected chi connectivity index (χ1v) is 5.10. The lowest BCUT2D eigenvalue weighted by atomic mass is 10.2. The van der Waals surface area contributed by atoms with E-state index in [1.54, 1.807) is 0 Å². The first-order chi connectivity index (χ1) is 6.61. The Balaban J connectivity index is 2.90. The van der Waals surface area contributed by atoms with Gasteiger partial charge in [-0.05, 0) is 44.0 Å². The number of nitrogens with zero attached hydrogens (tertiary/aromatic N) is 1. The lowest BCUT2D eigenvalue weighted by Crippen LogP contribution is -1.99. The van der Waals surface area contributed by atoms with Crippen molar-refractivity contribution >= 4 is 22.6 Å². The van der Waals surface area contributed by atoms with E-state index in [0.29, 0.717) is 0 Å². The number of aromatic nitrogens is 1. The van der Waals surface area contributed by atoms with Crippen molar-refractivity contribution in [3.8, 4) is 0 Å². The molecule has 0 aliphatic heterocycles. The second-order valence-corrected chi connectivity index (χ2v) is 4.29. The second-order valence-electron chi connectivity index (χ2n) is 3.68. The van der Waals surface area contributed by atoms with Crippen LogP contribution in [0, 0.1) is 13.8 Å². The Hall–Kier alpha value is -1.15. The van der Waals surface area contributed by atoms with E-state index in [9.17, 15) is 0 Å². The zero-order valence-corrected chi connectivity index (χ0v) is 9.48. The highest BCUT2D eigenvalue weighted by Gasteiger charge is 2.08. The van der Waals surface area contributed by atoms with Crippen molar-refractivity contribution in [2.45, 2.75) is 20.8 Å². The van der Waals surface area contributed by atoms with E-state index < -0.39 is 0 Å². The quantitative estimate of drug-likeness (QED) is 0.508. The molecule has 14 heavy (non-hydrogen) atoms. The molecule has 2 aromatic rings. The summed E-state index contributed by atoms with van der Waals surface area (Å²) in [6.07, 6.45) is 2.07. The molecule has 0 amide bonds. The summed E-state index contributed by atoms with van der Waals surface area (Å²) in [5, 5.41) is 0. The van der Waals surface area contributed by atoms with Gasteiger partial charge in [-0.25, -0.2) is 0 Å². The minimum Gasteiger partial charge on any atom is -0.316 e. The van der Waals surface area contributed by atoms with Gasteiger partial charge in [0.15, 0.2) is 0 Å². The van der Waals surface area contributed by atoms with Gasteiger partial charge in [0.25, 0.3) is 0 Å². The summed E-state index contributed by atoms with van der Waals surface area (Å²) in [7, 11) is 0. The van der Waals surface area contributed by atoms with Crippen LogP contribution in [0.4, 0.5) is 0 Å². The molecule has 0 aliphatic rings. The number of thiocarbonyl (C=S) groups is 1. The fourth-order valence-corrected chi connectivity index (χ4v) is 2.18. The van der Waals surface area contributed by atoms with Gasteiger partial charge in [-0.3, -0.25) is 0 Å². The molecule has 0 bridgehead atoms. The normalized spacial score (nSPS) is 10.8. The Bertz CT molecular complexity index is 508. The topological polar surface area (TPSA) is 4.41 Å². The zero-order valence-electron chi connectivity index (χ0n) is 8.66. The van der Waals surface area contributed by atoms with Gasteiger partial charge in [-0.15, -0.1) is 0 Å². The molecule has 0 aromatic carbocycles. The van der Waals surface area contributed by atoms with E-state index in [1.165, 1.54) is 22.3 Å². The van der Waals surface area contributed by atoms with Crippen LogP contribution in [-0.2, 0) is 0 Å². The standard InChI is InChI=1S/C12H13NS/c1-8-5-4-6-13-11(8)7-9(2)12(13)10(3)14/h4-7H,1-3H3. The summed E-state index contributed by atoms with van der Waals surface area (Å²) in [4.78, 5) is 0.952. The maximum absolute atomic E-state index is 5.25. The van der Waals surface area contributed by atoms with E-state index >= 15 is 0 Å². The van der Waals surface area contributed by atoms with Crippen molar-refractivity contribution in [3.05, 3.63) is 41.2 Å². The molecule has 2 heteroatoms. The highest BCUT2D eigenvalue weighted by Crippen LogP contribution is 2.19. The van der Waals surface area contributed by atoms with Crippen LogP contribution in [0.2, 0.25) is 0 Å². The molecule has 2 rings (SSSR count). The van der Waals surface area contributed by atoms with E-state index in [-0.39, 0.29) is 0 Å². The highest BCUT2D eigenvalue weighted by atomic mass is 32.1. The molecule has 0 aliphatic carbocycles. The summed E-state index contributed by atoms with van der Waals surface area (Å²) >= 11 is 5.25. The lowest BCUT2D eigenvalue weighted by molar-refractivity contribution is 1.15. The Morgan fingerprint density at radius 1 is 1.29 bits per heavy atom. The molecule has 0 unspecified atom stereocenters. The number of hydrogen-bond donors (Lipinski definition) is 0. The lowest BCUT2D eigenvalue weighted by Gasteiger charge is -2.03. The third-order valence-corrected chi connectivity index (χ3v) is 2.74.